The van der Waals surface area contributed by atoms with Crippen LogP contribution in [0.5, 0.6) is 5.75 Å². The van der Waals surface area contributed by atoms with E-state index in [0.29, 0.717) is 5.76 Å². The Hall–Kier alpha value is -4.03. The van der Waals surface area contributed by atoms with Crippen LogP contribution in [0, 0.1) is 6.92 Å². The summed E-state index contributed by atoms with van der Waals surface area (Å²) < 4.78 is 5.88. The van der Waals surface area contributed by atoms with Gasteiger partial charge in [0.05, 0.1) is 11.4 Å². The van der Waals surface area contributed by atoms with E-state index in [9.17, 15) is 0 Å². The number of aliphatic imine (C=N–C) groups is 2. The summed E-state index contributed by atoms with van der Waals surface area (Å²) in [6.07, 6.45) is 12.2. The Kier molecular flexibility index (Phi) is 14.3. The number of thiol groups is 1. The molecule has 0 aliphatic heterocycles. The normalized spacial score (nSPS) is 13.4. The lowest BCUT2D eigenvalue weighted by Crippen LogP contribution is -2.22. The van der Waals surface area contributed by atoms with Crippen molar-refractivity contribution in [2.24, 2.45) is 9.98 Å². The summed E-state index contributed by atoms with van der Waals surface area (Å²) in [4.78, 5) is 11.9. The van der Waals surface area contributed by atoms with Gasteiger partial charge in [0.25, 0.3) is 0 Å². The van der Waals surface area contributed by atoms with Crippen LogP contribution in [0.2, 0.25) is 0 Å². The number of nitrogens with one attached hydrogen (secondary N) is 1. The van der Waals surface area contributed by atoms with Crippen molar-refractivity contribution in [1.29, 1.82) is 0 Å². The summed E-state index contributed by atoms with van der Waals surface area (Å²) in [5, 5.41) is 3.54. The SMILES string of the molecule is C=C/C(=C\C=C/C)Oc1ccc(C(=C)N(C)CCCN/C(C)=C/C(=N/C(C)=C(\S)C=NC)c2ccccc2C)cc1. The van der Waals surface area contributed by atoms with Gasteiger partial charge in [0.2, 0.25) is 0 Å². The number of allylic oxidation sites excluding steroid dienone is 8. The van der Waals surface area contributed by atoms with Crippen LogP contribution in [0.1, 0.15) is 43.9 Å². The number of ether oxygens (including phenoxy) is 1. The molecule has 2 aromatic carbocycles. The molecule has 0 aliphatic rings. The Morgan fingerprint density at radius 1 is 1.12 bits per heavy atom. The van der Waals surface area contributed by atoms with Crippen molar-refractivity contribution in [3.63, 3.8) is 0 Å². The molecule has 0 fully saturated rings. The lowest BCUT2D eigenvalue weighted by atomic mass is 10.0. The van der Waals surface area contributed by atoms with Gasteiger partial charge in [-0.05, 0) is 87.7 Å². The minimum atomic E-state index is 0.699. The molecule has 0 radical (unpaired) electrons. The van der Waals surface area contributed by atoms with Gasteiger partial charge in [0.15, 0.2) is 0 Å². The van der Waals surface area contributed by atoms with Crippen LogP contribution in [0.25, 0.3) is 5.70 Å². The van der Waals surface area contributed by atoms with E-state index in [0.717, 1.165) is 64.1 Å². The maximum absolute atomic E-state index is 5.88. The summed E-state index contributed by atoms with van der Waals surface area (Å²) >= 11 is 4.53. The number of hydrogen-bond donors (Lipinski definition) is 2. The molecule has 1 N–H and O–H groups in total. The molecule has 0 heterocycles. The maximum atomic E-state index is 5.88. The molecule has 0 spiro atoms. The van der Waals surface area contributed by atoms with Crippen LogP contribution in [-0.4, -0.2) is 44.0 Å². The van der Waals surface area contributed by atoms with E-state index in [-0.39, 0.29) is 0 Å². The van der Waals surface area contributed by atoms with Crippen molar-refractivity contribution >= 4 is 30.3 Å². The highest BCUT2D eigenvalue weighted by atomic mass is 32.1. The molecule has 5 nitrogen and oxygen atoms in total. The van der Waals surface area contributed by atoms with Crippen LogP contribution in [0.4, 0.5) is 0 Å². The Morgan fingerprint density at radius 3 is 2.46 bits per heavy atom. The van der Waals surface area contributed by atoms with E-state index in [1.165, 1.54) is 5.56 Å². The molecule has 0 amide bonds. The molecule has 216 valence electrons. The highest BCUT2D eigenvalue weighted by Gasteiger charge is 2.08. The van der Waals surface area contributed by atoms with Crippen molar-refractivity contribution in [2.45, 2.75) is 34.1 Å². The van der Waals surface area contributed by atoms with Gasteiger partial charge >= 0.3 is 0 Å². The zero-order valence-corrected chi connectivity index (χ0v) is 26.2. The topological polar surface area (TPSA) is 49.2 Å². The van der Waals surface area contributed by atoms with E-state index in [2.05, 4.69) is 80.1 Å². The van der Waals surface area contributed by atoms with Gasteiger partial charge in [0, 0.05) is 55.3 Å². The van der Waals surface area contributed by atoms with Gasteiger partial charge in [-0.1, -0.05) is 49.6 Å². The highest BCUT2D eigenvalue weighted by molar-refractivity contribution is 7.85. The molecule has 6 heteroatoms. The second-order valence-electron chi connectivity index (χ2n) is 9.57. The number of hydrogen-bond acceptors (Lipinski definition) is 6. The van der Waals surface area contributed by atoms with Crippen molar-refractivity contribution < 1.29 is 4.74 Å². The zero-order chi connectivity index (χ0) is 30.2. The first-order chi connectivity index (χ1) is 19.7. The fourth-order valence-electron chi connectivity index (χ4n) is 3.88. The second kappa shape index (κ2) is 17.6. The van der Waals surface area contributed by atoms with E-state index >= 15 is 0 Å². The van der Waals surface area contributed by atoms with Gasteiger partial charge < -0.3 is 15.0 Å². The van der Waals surface area contributed by atoms with Crippen molar-refractivity contribution in [3.05, 3.63) is 131 Å². The highest BCUT2D eigenvalue weighted by Crippen LogP contribution is 2.22. The second-order valence-corrected chi connectivity index (χ2v) is 10.1. The van der Waals surface area contributed by atoms with Gasteiger partial charge in [-0.25, -0.2) is 0 Å². The third-order valence-corrected chi connectivity index (χ3v) is 6.74. The Morgan fingerprint density at radius 2 is 1.83 bits per heavy atom. The summed E-state index contributed by atoms with van der Waals surface area (Å²) in [6, 6.07) is 16.2. The average molecular weight is 569 g/mol. The lowest BCUT2D eigenvalue weighted by molar-refractivity contribution is 0.444. The van der Waals surface area contributed by atoms with Crippen LogP contribution in [0.3, 0.4) is 0 Å². The van der Waals surface area contributed by atoms with Crippen molar-refractivity contribution in [3.8, 4) is 5.75 Å². The summed E-state index contributed by atoms with van der Waals surface area (Å²) in [7, 11) is 3.80. The van der Waals surface area contributed by atoms with Crippen molar-refractivity contribution in [1.82, 2.24) is 10.2 Å². The first-order valence-corrected chi connectivity index (χ1v) is 14.2. The summed E-state index contributed by atoms with van der Waals surface area (Å²) in [6.45, 7) is 17.9. The average Bonchev–Trinajstić information content (AvgIpc) is 2.97. The first-order valence-electron chi connectivity index (χ1n) is 13.7. The number of rotatable bonds is 15. The van der Waals surface area contributed by atoms with Gasteiger partial charge in [-0.2, -0.15) is 0 Å². The molecule has 0 aliphatic carbocycles. The molecule has 0 atom stereocenters. The molecule has 0 saturated carbocycles. The first kappa shape index (κ1) is 33.2. The summed E-state index contributed by atoms with van der Waals surface area (Å²) in [5.74, 6) is 1.46. The maximum Gasteiger partial charge on any atom is 0.127 e. The molecule has 0 unspecified atom stereocenters. The zero-order valence-electron chi connectivity index (χ0n) is 25.3. The molecule has 2 aromatic rings. The third kappa shape index (κ3) is 11.2. The lowest BCUT2D eigenvalue weighted by Gasteiger charge is -2.22. The third-order valence-electron chi connectivity index (χ3n) is 6.30. The molecular formula is C35H44N4OS. The van der Waals surface area contributed by atoms with Crippen LogP contribution >= 0.6 is 12.6 Å². The van der Waals surface area contributed by atoms with Crippen molar-refractivity contribution in [2.75, 3.05) is 27.2 Å². The Bertz CT molecular complexity index is 1360. The number of aryl methyl sites for hydroxylation is 1. The molecular weight excluding hydrogens is 524 g/mol. The fraction of sp³-hybridized carbons (Fsp3) is 0.257. The number of nitrogens with zero attached hydrogens (tertiary/aromatic N) is 3. The van der Waals surface area contributed by atoms with E-state index in [1.54, 1.807) is 19.3 Å². The van der Waals surface area contributed by atoms with Crippen LogP contribution < -0.4 is 10.1 Å². The quantitative estimate of drug-likeness (QED) is 0.0749. The van der Waals surface area contributed by atoms with Crippen LogP contribution in [-0.2, 0) is 0 Å². The van der Waals surface area contributed by atoms with E-state index in [1.807, 2.05) is 68.5 Å². The smallest absolute Gasteiger partial charge is 0.127 e. The van der Waals surface area contributed by atoms with Crippen LogP contribution in [0.15, 0.2) is 124 Å². The van der Waals surface area contributed by atoms with E-state index < -0.39 is 0 Å². The largest absolute Gasteiger partial charge is 0.457 e. The van der Waals surface area contributed by atoms with Gasteiger partial charge in [-0.15, -0.1) is 12.6 Å². The molecule has 0 bridgehead atoms. The predicted molar refractivity (Wildman–Crippen MR) is 182 cm³/mol. The standard InChI is InChI=1S/C35H44N4OS/c1-9-11-16-31(10-2)40-32-20-18-30(19-21-32)29(6)39(8)23-14-22-37-27(4)24-34(33-17-13-12-15-26(33)3)38-28(5)35(41)25-36-7/h9-13,15-21,24-25,37,41H,2,6,14,22-23H2,1,3-5,7-8H3/b11-9-,27-24+,31-16+,35-28-,36-25?,38-34-. The minimum absolute atomic E-state index is 0.699. The number of benzene rings is 2. The molecule has 2 rings (SSSR count). The van der Waals surface area contributed by atoms with Gasteiger partial charge in [-0.3, -0.25) is 9.98 Å². The monoisotopic (exact) mass is 568 g/mol. The predicted octanol–water partition coefficient (Wildman–Crippen LogP) is 8.16. The van der Waals surface area contributed by atoms with Gasteiger partial charge in [0.1, 0.15) is 11.5 Å². The fourth-order valence-corrected chi connectivity index (χ4v) is 4.05. The Balaban J connectivity index is 2.00. The minimum Gasteiger partial charge on any atom is -0.457 e. The molecule has 41 heavy (non-hydrogen) atoms. The molecule has 0 aromatic heterocycles. The van der Waals surface area contributed by atoms with E-state index in [4.69, 9.17) is 9.73 Å². The summed E-state index contributed by atoms with van der Waals surface area (Å²) in [5.41, 5.74) is 7.02. The Labute approximate surface area is 252 Å². The molecule has 0 saturated heterocycles.